The molecule has 2 rings (SSSR count). The van der Waals surface area contributed by atoms with E-state index in [0.29, 0.717) is 12.5 Å². The second-order valence-corrected chi connectivity index (χ2v) is 6.10. The minimum Gasteiger partial charge on any atom is -0.354 e. The lowest BCUT2D eigenvalue weighted by atomic mass is 9.96. The maximum absolute atomic E-state index is 12.0. The minimum absolute atomic E-state index is 0.207. The van der Waals surface area contributed by atoms with Crippen molar-refractivity contribution in [2.24, 2.45) is 0 Å². The first-order valence-corrected chi connectivity index (χ1v) is 7.30. The van der Waals surface area contributed by atoms with Gasteiger partial charge in [-0.1, -0.05) is 12.8 Å². The van der Waals surface area contributed by atoms with Crippen molar-refractivity contribution in [2.45, 2.75) is 56.5 Å². The summed E-state index contributed by atoms with van der Waals surface area (Å²) in [5, 5.41) is 6.53. The highest BCUT2D eigenvalue weighted by molar-refractivity contribution is 5.76. The van der Waals surface area contributed by atoms with E-state index in [9.17, 15) is 4.79 Å². The third kappa shape index (κ3) is 3.23. The SMILES string of the molecule is CN(C)C1(CNC(=O)CC2CCCN2)CCCC1. The number of carbonyl (C=O) groups is 1. The maximum atomic E-state index is 12.0. The van der Waals surface area contributed by atoms with Gasteiger partial charge in [0.1, 0.15) is 0 Å². The lowest BCUT2D eigenvalue weighted by Crippen LogP contribution is -2.51. The molecule has 1 amide bonds. The topological polar surface area (TPSA) is 44.4 Å². The van der Waals surface area contributed by atoms with Crippen LogP contribution in [0.3, 0.4) is 0 Å². The fraction of sp³-hybridized carbons (Fsp3) is 0.929. The Morgan fingerprint density at radius 3 is 2.61 bits per heavy atom. The first-order chi connectivity index (χ1) is 8.62. The molecule has 1 unspecified atom stereocenters. The van der Waals surface area contributed by atoms with Gasteiger partial charge in [0.2, 0.25) is 5.91 Å². The first kappa shape index (κ1) is 13.8. The minimum atomic E-state index is 0.207. The summed E-state index contributed by atoms with van der Waals surface area (Å²) in [6, 6.07) is 0.406. The summed E-state index contributed by atoms with van der Waals surface area (Å²) in [6.45, 7) is 1.88. The van der Waals surface area contributed by atoms with E-state index in [2.05, 4.69) is 29.6 Å². The van der Waals surface area contributed by atoms with Crippen LogP contribution < -0.4 is 10.6 Å². The number of likely N-dealkylation sites (N-methyl/N-ethyl adjacent to an activating group) is 1. The molecule has 104 valence electrons. The van der Waals surface area contributed by atoms with Crippen molar-refractivity contribution in [3.05, 3.63) is 0 Å². The quantitative estimate of drug-likeness (QED) is 0.772. The molecule has 2 fully saturated rings. The summed E-state index contributed by atoms with van der Waals surface area (Å²) in [5.74, 6) is 0.211. The molecular formula is C14H27N3O. The average molecular weight is 253 g/mol. The Morgan fingerprint density at radius 2 is 2.06 bits per heavy atom. The number of rotatable bonds is 5. The molecule has 1 aliphatic carbocycles. The second-order valence-electron chi connectivity index (χ2n) is 6.10. The molecule has 4 heteroatoms. The molecule has 0 aromatic carbocycles. The summed E-state index contributed by atoms with van der Waals surface area (Å²) in [6.07, 6.45) is 8.00. The van der Waals surface area contributed by atoms with Gasteiger partial charge in [-0.05, 0) is 46.3 Å². The van der Waals surface area contributed by atoms with Crippen molar-refractivity contribution in [3.8, 4) is 0 Å². The number of hydrogen-bond acceptors (Lipinski definition) is 3. The predicted molar refractivity (Wildman–Crippen MR) is 73.5 cm³/mol. The Morgan fingerprint density at radius 1 is 1.33 bits per heavy atom. The zero-order chi connectivity index (χ0) is 13.0. The summed E-state index contributed by atoms with van der Waals surface area (Å²) in [4.78, 5) is 14.3. The van der Waals surface area contributed by atoms with Gasteiger partial charge in [-0.2, -0.15) is 0 Å². The summed E-state index contributed by atoms with van der Waals surface area (Å²) in [5.41, 5.74) is 0.207. The lowest BCUT2D eigenvalue weighted by Gasteiger charge is -2.36. The molecule has 2 aliphatic rings. The van der Waals surface area contributed by atoms with Gasteiger partial charge in [0.25, 0.3) is 0 Å². The Labute approximate surface area is 110 Å². The van der Waals surface area contributed by atoms with E-state index in [-0.39, 0.29) is 11.4 Å². The van der Waals surface area contributed by atoms with E-state index in [1.807, 2.05) is 0 Å². The van der Waals surface area contributed by atoms with Crippen LogP contribution in [0.4, 0.5) is 0 Å². The van der Waals surface area contributed by atoms with Crippen LogP contribution in [-0.4, -0.2) is 49.6 Å². The highest BCUT2D eigenvalue weighted by Gasteiger charge is 2.36. The van der Waals surface area contributed by atoms with Crippen molar-refractivity contribution in [2.75, 3.05) is 27.2 Å². The first-order valence-electron chi connectivity index (χ1n) is 7.30. The molecule has 1 saturated carbocycles. The van der Waals surface area contributed by atoms with Crippen LogP contribution in [0.5, 0.6) is 0 Å². The van der Waals surface area contributed by atoms with Gasteiger partial charge in [-0.3, -0.25) is 4.79 Å². The van der Waals surface area contributed by atoms with Crippen molar-refractivity contribution >= 4 is 5.91 Å². The zero-order valence-electron chi connectivity index (χ0n) is 11.8. The summed E-state index contributed by atoms with van der Waals surface area (Å²) in [7, 11) is 4.27. The molecule has 1 atom stereocenters. The van der Waals surface area contributed by atoms with Gasteiger partial charge in [0.15, 0.2) is 0 Å². The Kier molecular flexibility index (Phi) is 4.62. The highest BCUT2D eigenvalue weighted by atomic mass is 16.1. The van der Waals surface area contributed by atoms with Gasteiger partial charge in [0.05, 0.1) is 0 Å². The molecule has 1 saturated heterocycles. The van der Waals surface area contributed by atoms with Crippen molar-refractivity contribution in [1.29, 1.82) is 0 Å². The molecule has 18 heavy (non-hydrogen) atoms. The van der Waals surface area contributed by atoms with E-state index in [4.69, 9.17) is 0 Å². The molecule has 1 aliphatic heterocycles. The van der Waals surface area contributed by atoms with Crippen LogP contribution in [0.15, 0.2) is 0 Å². The number of hydrogen-bond donors (Lipinski definition) is 2. The van der Waals surface area contributed by atoms with Crippen LogP contribution in [0, 0.1) is 0 Å². The number of nitrogens with zero attached hydrogens (tertiary/aromatic N) is 1. The van der Waals surface area contributed by atoms with Crippen LogP contribution in [0.1, 0.15) is 44.9 Å². The fourth-order valence-corrected chi connectivity index (χ4v) is 3.31. The van der Waals surface area contributed by atoms with Crippen molar-refractivity contribution in [3.63, 3.8) is 0 Å². The van der Waals surface area contributed by atoms with Crippen molar-refractivity contribution in [1.82, 2.24) is 15.5 Å². The molecule has 1 heterocycles. The van der Waals surface area contributed by atoms with Gasteiger partial charge in [0, 0.05) is 24.5 Å². The van der Waals surface area contributed by atoms with Crippen LogP contribution in [-0.2, 0) is 4.79 Å². The number of carbonyl (C=O) groups excluding carboxylic acids is 1. The molecule has 0 aromatic rings. The smallest absolute Gasteiger partial charge is 0.221 e. The van der Waals surface area contributed by atoms with E-state index in [1.165, 1.54) is 32.1 Å². The molecule has 0 bridgehead atoms. The molecule has 4 nitrogen and oxygen atoms in total. The Balaban J connectivity index is 1.76. The Bertz CT molecular complexity index is 279. The van der Waals surface area contributed by atoms with E-state index in [1.54, 1.807) is 0 Å². The molecule has 2 N–H and O–H groups in total. The normalized spacial score (nSPS) is 26.7. The highest BCUT2D eigenvalue weighted by Crippen LogP contribution is 2.33. The predicted octanol–water partition coefficient (Wildman–Crippen LogP) is 1.12. The Hall–Kier alpha value is -0.610. The molecule has 0 radical (unpaired) electrons. The summed E-state index contributed by atoms with van der Waals surface area (Å²) >= 11 is 0. The standard InChI is InChI=1S/C14H27N3O/c1-17(2)14(7-3-4-8-14)11-16-13(18)10-12-6-5-9-15-12/h12,15H,3-11H2,1-2H3,(H,16,18). The molecular weight excluding hydrogens is 226 g/mol. The third-order valence-corrected chi connectivity index (χ3v) is 4.69. The number of nitrogens with one attached hydrogen (secondary N) is 2. The average Bonchev–Trinajstić information content (AvgIpc) is 2.97. The lowest BCUT2D eigenvalue weighted by molar-refractivity contribution is -0.122. The number of amides is 1. The van der Waals surface area contributed by atoms with E-state index < -0.39 is 0 Å². The van der Waals surface area contributed by atoms with Crippen molar-refractivity contribution < 1.29 is 4.79 Å². The largest absolute Gasteiger partial charge is 0.354 e. The van der Waals surface area contributed by atoms with Crippen LogP contribution in [0.2, 0.25) is 0 Å². The van der Waals surface area contributed by atoms with Gasteiger partial charge in [-0.15, -0.1) is 0 Å². The summed E-state index contributed by atoms with van der Waals surface area (Å²) < 4.78 is 0. The monoisotopic (exact) mass is 253 g/mol. The van der Waals surface area contributed by atoms with Gasteiger partial charge in [-0.25, -0.2) is 0 Å². The van der Waals surface area contributed by atoms with E-state index >= 15 is 0 Å². The maximum Gasteiger partial charge on any atom is 0.221 e. The van der Waals surface area contributed by atoms with Gasteiger partial charge >= 0.3 is 0 Å². The third-order valence-electron chi connectivity index (χ3n) is 4.69. The van der Waals surface area contributed by atoms with Crippen LogP contribution >= 0.6 is 0 Å². The van der Waals surface area contributed by atoms with Gasteiger partial charge < -0.3 is 15.5 Å². The molecule has 0 aromatic heterocycles. The van der Waals surface area contributed by atoms with E-state index in [0.717, 1.165) is 19.5 Å². The van der Waals surface area contributed by atoms with Crippen LogP contribution in [0.25, 0.3) is 0 Å². The second kappa shape index (κ2) is 6.02. The fourth-order valence-electron chi connectivity index (χ4n) is 3.31. The molecule has 0 spiro atoms. The zero-order valence-corrected chi connectivity index (χ0v) is 11.8.